The lowest BCUT2D eigenvalue weighted by molar-refractivity contribution is -0.110. The van der Waals surface area contributed by atoms with E-state index in [-0.39, 0.29) is 11.5 Å². The van der Waals surface area contributed by atoms with Crippen LogP contribution in [0.5, 0.6) is 0 Å². The van der Waals surface area contributed by atoms with E-state index >= 15 is 0 Å². The number of nitrogens with two attached hydrogens (primary N) is 2. The first-order chi connectivity index (χ1) is 4.92. The van der Waals surface area contributed by atoms with Crippen LogP contribution in [0.2, 0.25) is 0 Å². The molecule has 0 unspecified atom stereocenters. The number of ketones is 1. The lowest BCUT2D eigenvalue weighted by atomic mass is 10.2. The fourth-order valence-electron chi connectivity index (χ4n) is 0.940. The SMILES string of the molecule is CC(=O)C1=NC(N)(N)N=C1C. The molecule has 5 heteroatoms. The Morgan fingerprint density at radius 3 is 2.18 bits per heavy atom. The van der Waals surface area contributed by atoms with E-state index in [4.69, 9.17) is 11.5 Å². The van der Waals surface area contributed by atoms with Gasteiger partial charge in [0, 0.05) is 6.92 Å². The number of carbonyl (C=O) groups is 1. The van der Waals surface area contributed by atoms with E-state index in [1.165, 1.54) is 6.92 Å². The third-order valence-electron chi connectivity index (χ3n) is 1.31. The minimum atomic E-state index is -1.43. The first kappa shape index (κ1) is 8.03. The molecule has 0 saturated carbocycles. The summed E-state index contributed by atoms with van der Waals surface area (Å²) in [5.41, 5.74) is 11.5. The van der Waals surface area contributed by atoms with Crippen LogP contribution in [-0.4, -0.2) is 23.1 Å². The van der Waals surface area contributed by atoms with Crippen LogP contribution in [0.4, 0.5) is 0 Å². The first-order valence-electron chi connectivity index (χ1n) is 3.18. The maximum absolute atomic E-state index is 10.8. The Labute approximate surface area is 64.2 Å². The fraction of sp³-hybridized carbons (Fsp3) is 0.500. The van der Waals surface area contributed by atoms with E-state index in [0.29, 0.717) is 5.71 Å². The number of aliphatic imine (C=N–C) groups is 2. The molecular formula is C6H10N4O. The number of hydrogen-bond acceptors (Lipinski definition) is 5. The van der Waals surface area contributed by atoms with Gasteiger partial charge in [-0.1, -0.05) is 0 Å². The zero-order valence-corrected chi connectivity index (χ0v) is 6.46. The molecule has 1 aliphatic rings. The summed E-state index contributed by atoms with van der Waals surface area (Å²) in [4.78, 5) is 18.3. The summed E-state index contributed by atoms with van der Waals surface area (Å²) >= 11 is 0. The minimum Gasteiger partial charge on any atom is -0.293 e. The highest BCUT2D eigenvalue weighted by Crippen LogP contribution is 2.07. The summed E-state index contributed by atoms with van der Waals surface area (Å²) in [5, 5.41) is 0. The molecule has 11 heavy (non-hydrogen) atoms. The molecule has 0 bridgehead atoms. The molecule has 0 saturated heterocycles. The smallest absolute Gasteiger partial charge is 0.260 e. The van der Waals surface area contributed by atoms with Crippen molar-refractivity contribution in [3.8, 4) is 0 Å². The molecule has 1 rings (SSSR count). The Morgan fingerprint density at radius 2 is 2.00 bits per heavy atom. The largest absolute Gasteiger partial charge is 0.293 e. The predicted octanol–water partition coefficient (Wildman–Crippen LogP) is -0.980. The maximum Gasteiger partial charge on any atom is 0.260 e. The topological polar surface area (TPSA) is 93.8 Å². The van der Waals surface area contributed by atoms with Crippen molar-refractivity contribution < 1.29 is 4.79 Å². The van der Waals surface area contributed by atoms with E-state index in [1.807, 2.05) is 0 Å². The van der Waals surface area contributed by atoms with Crippen molar-refractivity contribution in [1.82, 2.24) is 0 Å². The average Bonchev–Trinajstić information content (AvgIpc) is 2.05. The third-order valence-corrected chi connectivity index (χ3v) is 1.31. The number of nitrogens with zero attached hydrogens (tertiary/aromatic N) is 2. The molecule has 0 fully saturated rings. The standard InChI is InChI=1S/C6H10N4O/c1-3-5(4(2)11)10-6(7,8)9-3/h7-8H2,1-2H3. The summed E-state index contributed by atoms with van der Waals surface area (Å²) < 4.78 is 0. The van der Waals surface area contributed by atoms with Crippen LogP contribution in [0, 0.1) is 0 Å². The molecule has 4 N–H and O–H groups in total. The molecule has 0 aromatic carbocycles. The lowest BCUT2D eigenvalue weighted by Gasteiger charge is -2.07. The summed E-state index contributed by atoms with van der Waals surface area (Å²) in [6.07, 6.45) is 0. The van der Waals surface area contributed by atoms with Gasteiger partial charge in [-0.25, -0.2) is 9.98 Å². The van der Waals surface area contributed by atoms with E-state index in [2.05, 4.69) is 9.98 Å². The van der Waals surface area contributed by atoms with Gasteiger partial charge >= 0.3 is 0 Å². The molecule has 0 spiro atoms. The molecule has 0 aromatic heterocycles. The Morgan fingerprint density at radius 1 is 1.45 bits per heavy atom. The van der Waals surface area contributed by atoms with Gasteiger partial charge in [0.1, 0.15) is 5.71 Å². The lowest BCUT2D eigenvalue weighted by Crippen LogP contribution is -2.44. The van der Waals surface area contributed by atoms with Crippen molar-refractivity contribution in [3.05, 3.63) is 0 Å². The van der Waals surface area contributed by atoms with Crippen LogP contribution in [0.25, 0.3) is 0 Å². The van der Waals surface area contributed by atoms with Crippen LogP contribution >= 0.6 is 0 Å². The second kappa shape index (κ2) is 2.21. The van der Waals surface area contributed by atoms with Gasteiger partial charge < -0.3 is 0 Å². The predicted molar refractivity (Wildman–Crippen MR) is 42.3 cm³/mol. The molecule has 1 aliphatic heterocycles. The second-order valence-electron chi connectivity index (χ2n) is 2.50. The monoisotopic (exact) mass is 154 g/mol. The quantitative estimate of drug-likeness (QED) is 0.475. The van der Waals surface area contributed by atoms with Gasteiger partial charge in [0.2, 0.25) is 0 Å². The number of hydrogen-bond donors (Lipinski definition) is 2. The van der Waals surface area contributed by atoms with Crippen molar-refractivity contribution >= 4 is 17.2 Å². The zero-order valence-electron chi connectivity index (χ0n) is 6.46. The molecule has 5 nitrogen and oxygen atoms in total. The molecule has 0 amide bonds. The summed E-state index contributed by atoms with van der Waals surface area (Å²) in [6, 6.07) is 0. The average molecular weight is 154 g/mol. The van der Waals surface area contributed by atoms with Crippen LogP contribution in [-0.2, 0) is 4.79 Å². The Hall–Kier alpha value is -1.07. The Balaban J connectivity index is 3.04. The molecule has 0 atom stereocenters. The van der Waals surface area contributed by atoms with Gasteiger partial charge in [-0.15, -0.1) is 0 Å². The summed E-state index contributed by atoms with van der Waals surface area (Å²) in [7, 11) is 0. The second-order valence-corrected chi connectivity index (χ2v) is 2.50. The highest BCUT2D eigenvalue weighted by Gasteiger charge is 2.27. The van der Waals surface area contributed by atoms with Crippen molar-refractivity contribution in [2.75, 3.05) is 0 Å². The van der Waals surface area contributed by atoms with Gasteiger partial charge in [-0.05, 0) is 6.92 Å². The highest BCUT2D eigenvalue weighted by molar-refractivity contribution is 6.67. The zero-order chi connectivity index (χ0) is 8.65. The first-order valence-corrected chi connectivity index (χ1v) is 3.18. The number of Topliss-reactive ketones (excluding diaryl/α,β-unsaturated/α-hetero) is 1. The normalized spacial score (nSPS) is 21.1. The molecule has 0 aromatic rings. The van der Waals surface area contributed by atoms with Gasteiger partial charge in [0.25, 0.3) is 5.91 Å². The van der Waals surface area contributed by atoms with E-state index < -0.39 is 5.91 Å². The van der Waals surface area contributed by atoms with Crippen molar-refractivity contribution in [1.29, 1.82) is 0 Å². The third kappa shape index (κ3) is 1.50. The van der Waals surface area contributed by atoms with Crippen molar-refractivity contribution in [2.24, 2.45) is 21.5 Å². The maximum atomic E-state index is 10.8. The highest BCUT2D eigenvalue weighted by atomic mass is 16.1. The number of carbonyl (C=O) groups excluding carboxylic acids is 1. The molecule has 0 radical (unpaired) electrons. The van der Waals surface area contributed by atoms with E-state index in [0.717, 1.165) is 0 Å². The fourth-order valence-corrected chi connectivity index (χ4v) is 0.940. The Kier molecular flexibility index (Phi) is 1.62. The summed E-state index contributed by atoms with van der Waals surface area (Å²) in [6.45, 7) is 3.06. The van der Waals surface area contributed by atoms with Crippen LogP contribution in [0.3, 0.4) is 0 Å². The van der Waals surface area contributed by atoms with Crippen LogP contribution in [0.1, 0.15) is 13.8 Å². The van der Waals surface area contributed by atoms with E-state index in [1.54, 1.807) is 6.92 Å². The van der Waals surface area contributed by atoms with Crippen molar-refractivity contribution in [3.63, 3.8) is 0 Å². The molecule has 1 heterocycles. The van der Waals surface area contributed by atoms with Crippen molar-refractivity contribution in [2.45, 2.75) is 19.8 Å². The molecule has 0 aliphatic carbocycles. The van der Waals surface area contributed by atoms with Gasteiger partial charge in [-0.2, -0.15) is 0 Å². The van der Waals surface area contributed by atoms with Gasteiger partial charge in [-0.3, -0.25) is 16.3 Å². The summed E-state index contributed by atoms with van der Waals surface area (Å²) in [5.74, 6) is -1.59. The van der Waals surface area contributed by atoms with Crippen LogP contribution < -0.4 is 11.5 Å². The number of rotatable bonds is 1. The van der Waals surface area contributed by atoms with Crippen LogP contribution in [0.15, 0.2) is 9.98 Å². The minimum absolute atomic E-state index is 0.163. The molecular weight excluding hydrogens is 144 g/mol. The van der Waals surface area contributed by atoms with Gasteiger partial charge in [0.05, 0.1) is 5.71 Å². The molecule has 60 valence electrons. The van der Waals surface area contributed by atoms with E-state index in [9.17, 15) is 4.79 Å². The Bertz CT molecular complexity index is 264. The van der Waals surface area contributed by atoms with Gasteiger partial charge in [0.15, 0.2) is 5.78 Å².